The van der Waals surface area contributed by atoms with Gasteiger partial charge in [-0.15, -0.1) is 0 Å². The number of amides is 1. The molecule has 24 heavy (non-hydrogen) atoms. The molecular weight excluding hydrogens is 330 g/mol. The first-order chi connectivity index (χ1) is 11.6. The fraction of sp³-hybridized carbons (Fsp3) is 0.278. The summed E-state index contributed by atoms with van der Waals surface area (Å²) < 4.78 is 16.1. The Morgan fingerprint density at radius 3 is 2.42 bits per heavy atom. The average Bonchev–Trinajstić information content (AvgIpc) is 2.59. The minimum absolute atomic E-state index is 0.101. The van der Waals surface area contributed by atoms with Crippen LogP contribution in [0.1, 0.15) is 6.92 Å². The van der Waals surface area contributed by atoms with E-state index in [9.17, 15) is 4.79 Å². The van der Waals surface area contributed by atoms with Crippen LogP contribution >= 0.6 is 11.6 Å². The number of ether oxygens (including phenoxy) is 3. The number of para-hydroxylation sites is 1. The van der Waals surface area contributed by atoms with Gasteiger partial charge < -0.3 is 19.5 Å². The first kappa shape index (κ1) is 17.9. The van der Waals surface area contributed by atoms with Crippen LogP contribution in [-0.4, -0.2) is 32.3 Å². The molecule has 0 fully saturated rings. The predicted octanol–water partition coefficient (Wildman–Crippen LogP) is 3.31. The second kappa shape index (κ2) is 9.03. The molecule has 0 saturated heterocycles. The Bertz CT molecular complexity index is 660. The topological polar surface area (TPSA) is 56.8 Å². The van der Waals surface area contributed by atoms with Crippen LogP contribution in [-0.2, 0) is 4.79 Å². The number of rotatable bonds is 8. The first-order valence-electron chi connectivity index (χ1n) is 7.52. The molecule has 0 spiro atoms. The lowest BCUT2D eigenvalue weighted by molar-refractivity contribution is -0.123. The van der Waals surface area contributed by atoms with Gasteiger partial charge in [-0.1, -0.05) is 23.7 Å². The second-order valence-electron chi connectivity index (χ2n) is 5.17. The number of carbonyl (C=O) groups excluding carboxylic acids is 1. The smallest absolute Gasteiger partial charge is 0.258 e. The standard InChI is InChI=1S/C18H20ClNO4/c1-13(11-23-15-9-7-14(22-2)8-10-15)20-18(21)12-24-17-6-4-3-5-16(17)19/h3-10,13H,11-12H2,1-2H3,(H,20,21)/t13-/m0/s1. The van der Waals surface area contributed by atoms with E-state index in [1.54, 1.807) is 31.4 Å². The van der Waals surface area contributed by atoms with Crippen LogP contribution in [0.3, 0.4) is 0 Å². The maximum absolute atomic E-state index is 11.9. The van der Waals surface area contributed by atoms with Crippen molar-refractivity contribution >= 4 is 17.5 Å². The van der Waals surface area contributed by atoms with Crippen molar-refractivity contribution in [3.63, 3.8) is 0 Å². The number of methoxy groups -OCH3 is 1. The highest BCUT2D eigenvalue weighted by molar-refractivity contribution is 6.32. The number of hydrogen-bond acceptors (Lipinski definition) is 4. The van der Waals surface area contributed by atoms with Gasteiger partial charge in [-0.25, -0.2) is 0 Å². The van der Waals surface area contributed by atoms with Crippen molar-refractivity contribution < 1.29 is 19.0 Å². The Balaban J connectivity index is 1.72. The number of carbonyl (C=O) groups is 1. The summed E-state index contributed by atoms with van der Waals surface area (Å²) in [6.07, 6.45) is 0. The lowest BCUT2D eigenvalue weighted by Gasteiger charge is -2.15. The maximum Gasteiger partial charge on any atom is 0.258 e. The molecule has 128 valence electrons. The Labute approximate surface area is 146 Å². The van der Waals surface area contributed by atoms with Gasteiger partial charge >= 0.3 is 0 Å². The summed E-state index contributed by atoms with van der Waals surface area (Å²) in [5.74, 6) is 1.72. The highest BCUT2D eigenvalue weighted by Gasteiger charge is 2.10. The molecule has 6 heteroatoms. The largest absolute Gasteiger partial charge is 0.497 e. The van der Waals surface area contributed by atoms with E-state index < -0.39 is 0 Å². The molecular formula is C18H20ClNO4. The molecule has 0 radical (unpaired) electrons. The molecule has 0 aromatic heterocycles. The van der Waals surface area contributed by atoms with Gasteiger partial charge in [0.2, 0.25) is 0 Å². The van der Waals surface area contributed by atoms with Gasteiger partial charge in [0.15, 0.2) is 6.61 Å². The molecule has 0 bridgehead atoms. The molecule has 1 amide bonds. The predicted molar refractivity (Wildman–Crippen MR) is 93.0 cm³/mol. The molecule has 1 N–H and O–H groups in total. The van der Waals surface area contributed by atoms with E-state index >= 15 is 0 Å². The Morgan fingerprint density at radius 2 is 1.75 bits per heavy atom. The zero-order valence-corrected chi connectivity index (χ0v) is 14.4. The van der Waals surface area contributed by atoms with Crippen LogP contribution in [0.15, 0.2) is 48.5 Å². The lowest BCUT2D eigenvalue weighted by Crippen LogP contribution is -2.39. The minimum atomic E-state index is -0.235. The van der Waals surface area contributed by atoms with Crippen LogP contribution < -0.4 is 19.5 Å². The zero-order chi connectivity index (χ0) is 17.4. The minimum Gasteiger partial charge on any atom is -0.497 e. The molecule has 0 aliphatic carbocycles. The van der Waals surface area contributed by atoms with E-state index in [1.165, 1.54) is 0 Å². The third kappa shape index (κ3) is 5.66. The first-order valence-corrected chi connectivity index (χ1v) is 7.90. The van der Waals surface area contributed by atoms with Gasteiger partial charge in [-0.05, 0) is 43.3 Å². The van der Waals surface area contributed by atoms with Crippen molar-refractivity contribution in [3.05, 3.63) is 53.6 Å². The quantitative estimate of drug-likeness (QED) is 0.794. The molecule has 5 nitrogen and oxygen atoms in total. The Hall–Kier alpha value is -2.40. The summed E-state index contributed by atoms with van der Waals surface area (Å²) in [7, 11) is 1.61. The summed E-state index contributed by atoms with van der Waals surface area (Å²) >= 11 is 5.97. The normalized spacial score (nSPS) is 11.5. The van der Waals surface area contributed by atoms with Crippen LogP contribution in [0.25, 0.3) is 0 Å². The van der Waals surface area contributed by atoms with Crippen LogP contribution in [0.4, 0.5) is 0 Å². The van der Waals surface area contributed by atoms with Gasteiger partial charge in [-0.3, -0.25) is 4.79 Å². The molecule has 2 rings (SSSR count). The van der Waals surface area contributed by atoms with Crippen molar-refractivity contribution in [1.29, 1.82) is 0 Å². The van der Waals surface area contributed by atoms with E-state index in [0.29, 0.717) is 23.1 Å². The number of halogens is 1. The molecule has 2 aromatic carbocycles. The Kier molecular flexibility index (Phi) is 6.75. The van der Waals surface area contributed by atoms with Gasteiger partial charge in [0.1, 0.15) is 23.9 Å². The lowest BCUT2D eigenvalue weighted by atomic mass is 10.3. The third-order valence-corrected chi connectivity index (χ3v) is 3.47. The monoisotopic (exact) mass is 349 g/mol. The van der Waals surface area contributed by atoms with Crippen molar-refractivity contribution in [2.75, 3.05) is 20.3 Å². The van der Waals surface area contributed by atoms with Crippen LogP contribution in [0, 0.1) is 0 Å². The van der Waals surface area contributed by atoms with E-state index in [2.05, 4.69) is 5.32 Å². The summed E-state index contributed by atoms with van der Waals surface area (Å²) in [5.41, 5.74) is 0. The average molecular weight is 350 g/mol. The van der Waals surface area contributed by atoms with Gasteiger partial charge in [0.05, 0.1) is 18.2 Å². The third-order valence-electron chi connectivity index (χ3n) is 3.16. The summed E-state index contributed by atoms with van der Waals surface area (Å²) in [4.78, 5) is 11.9. The molecule has 0 aliphatic heterocycles. The van der Waals surface area contributed by atoms with Crippen molar-refractivity contribution in [2.45, 2.75) is 13.0 Å². The fourth-order valence-corrected chi connectivity index (χ4v) is 2.15. The highest BCUT2D eigenvalue weighted by Crippen LogP contribution is 2.22. The summed E-state index contributed by atoms with van der Waals surface area (Å²) in [6, 6.07) is 14.1. The number of hydrogen-bond donors (Lipinski definition) is 1. The molecule has 0 aliphatic rings. The molecule has 0 saturated carbocycles. The summed E-state index contributed by atoms with van der Waals surface area (Å²) in [5, 5.41) is 3.28. The molecule has 1 atom stereocenters. The van der Waals surface area contributed by atoms with Crippen molar-refractivity contribution in [1.82, 2.24) is 5.32 Å². The second-order valence-corrected chi connectivity index (χ2v) is 5.58. The van der Waals surface area contributed by atoms with Gasteiger partial charge in [-0.2, -0.15) is 0 Å². The van der Waals surface area contributed by atoms with Gasteiger partial charge in [0.25, 0.3) is 5.91 Å². The molecule has 0 heterocycles. The summed E-state index contributed by atoms with van der Waals surface area (Å²) in [6.45, 7) is 2.11. The van der Waals surface area contributed by atoms with E-state index in [1.807, 2.05) is 31.2 Å². The maximum atomic E-state index is 11.9. The SMILES string of the molecule is COc1ccc(OC[C@H](C)NC(=O)COc2ccccc2Cl)cc1. The molecule has 0 unspecified atom stereocenters. The fourth-order valence-electron chi connectivity index (χ4n) is 1.96. The van der Waals surface area contributed by atoms with Crippen molar-refractivity contribution in [2.24, 2.45) is 0 Å². The number of benzene rings is 2. The van der Waals surface area contributed by atoms with E-state index in [-0.39, 0.29) is 18.6 Å². The number of nitrogens with one attached hydrogen (secondary N) is 1. The van der Waals surface area contributed by atoms with Gasteiger partial charge in [0, 0.05) is 0 Å². The van der Waals surface area contributed by atoms with Crippen molar-refractivity contribution in [3.8, 4) is 17.2 Å². The van der Waals surface area contributed by atoms with Crippen LogP contribution in [0.2, 0.25) is 5.02 Å². The Morgan fingerprint density at radius 1 is 1.08 bits per heavy atom. The van der Waals surface area contributed by atoms with E-state index in [4.69, 9.17) is 25.8 Å². The van der Waals surface area contributed by atoms with Crippen LogP contribution in [0.5, 0.6) is 17.2 Å². The zero-order valence-electron chi connectivity index (χ0n) is 13.6. The highest BCUT2D eigenvalue weighted by atomic mass is 35.5. The molecule has 2 aromatic rings. The van der Waals surface area contributed by atoms with E-state index in [0.717, 1.165) is 5.75 Å².